The van der Waals surface area contributed by atoms with Gasteiger partial charge in [-0.3, -0.25) is 0 Å². The van der Waals surface area contributed by atoms with E-state index >= 15 is 0 Å². The summed E-state index contributed by atoms with van der Waals surface area (Å²) in [6, 6.07) is 0. The van der Waals surface area contributed by atoms with Gasteiger partial charge in [0.1, 0.15) is 5.01 Å². The first-order chi connectivity index (χ1) is 6.95. The fourth-order valence-corrected chi connectivity index (χ4v) is 2.52. The molecule has 1 heterocycles. The van der Waals surface area contributed by atoms with Crippen molar-refractivity contribution in [3.8, 4) is 0 Å². The second-order valence-corrected chi connectivity index (χ2v) is 6.73. The summed E-state index contributed by atoms with van der Waals surface area (Å²) in [4.78, 5) is 5.07. The predicted octanol–water partition coefficient (Wildman–Crippen LogP) is 0.252. The molecule has 1 atom stereocenters. The third-order valence-electron chi connectivity index (χ3n) is 1.88. The van der Waals surface area contributed by atoms with E-state index in [9.17, 15) is 8.42 Å². The van der Waals surface area contributed by atoms with Crippen LogP contribution in [0.4, 0.5) is 0 Å². The normalized spacial score (nSPS) is 14.1. The molecule has 1 unspecified atom stereocenters. The maximum absolute atomic E-state index is 11.4. The van der Waals surface area contributed by atoms with Crippen molar-refractivity contribution in [3.63, 3.8) is 0 Å². The molecule has 0 radical (unpaired) electrons. The lowest BCUT2D eigenvalue weighted by molar-refractivity contribution is 0.294. The minimum absolute atomic E-state index is 0.186. The Morgan fingerprint density at radius 3 is 2.80 bits per heavy atom. The van der Waals surface area contributed by atoms with Crippen molar-refractivity contribution in [1.29, 1.82) is 0 Å². The lowest BCUT2D eigenvalue weighted by atomic mass is 10.5. The van der Waals surface area contributed by atoms with E-state index in [1.165, 1.54) is 18.3 Å². The van der Waals surface area contributed by atoms with Crippen LogP contribution in [-0.4, -0.2) is 30.4 Å². The van der Waals surface area contributed by atoms with Crippen LogP contribution in [0.2, 0.25) is 0 Å². The van der Waals surface area contributed by atoms with Crippen molar-refractivity contribution in [1.82, 2.24) is 9.71 Å². The standard InChI is InChI=1S/C8H14N2O3S2/c1-6-3-9-8(14-6)4-10-15(12,13)7(2)5-11/h3,7,10-11H,4-5H2,1-2H3. The number of nitrogens with one attached hydrogen (secondary N) is 1. The topological polar surface area (TPSA) is 79.3 Å². The first-order valence-electron chi connectivity index (χ1n) is 4.46. The third-order valence-corrected chi connectivity index (χ3v) is 4.55. The molecule has 1 aromatic rings. The molecular formula is C8H14N2O3S2. The van der Waals surface area contributed by atoms with Gasteiger partial charge in [0.05, 0.1) is 18.4 Å². The number of rotatable bonds is 5. The van der Waals surface area contributed by atoms with Crippen molar-refractivity contribution >= 4 is 21.4 Å². The van der Waals surface area contributed by atoms with Gasteiger partial charge in [-0.2, -0.15) is 0 Å². The third kappa shape index (κ3) is 3.53. The van der Waals surface area contributed by atoms with E-state index in [0.29, 0.717) is 0 Å². The quantitative estimate of drug-likeness (QED) is 0.785. The molecule has 0 fully saturated rings. The SMILES string of the molecule is Cc1cnc(CNS(=O)(=O)C(C)CO)s1. The molecule has 86 valence electrons. The molecule has 2 N–H and O–H groups in total. The second-order valence-electron chi connectivity index (χ2n) is 3.22. The van der Waals surface area contributed by atoms with Crippen LogP contribution in [0.25, 0.3) is 0 Å². The average molecular weight is 250 g/mol. The highest BCUT2D eigenvalue weighted by atomic mass is 32.2. The zero-order valence-corrected chi connectivity index (χ0v) is 10.2. The van der Waals surface area contributed by atoms with E-state index in [-0.39, 0.29) is 13.2 Å². The lowest BCUT2D eigenvalue weighted by Crippen LogP contribution is -2.34. The number of aliphatic hydroxyl groups excluding tert-OH is 1. The van der Waals surface area contributed by atoms with Crippen molar-refractivity contribution in [2.75, 3.05) is 6.61 Å². The van der Waals surface area contributed by atoms with Crippen LogP contribution in [0.1, 0.15) is 16.8 Å². The van der Waals surface area contributed by atoms with Crippen molar-refractivity contribution in [2.24, 2.45) is 0 Å². The summed E-state index contributed by atoms with van der Waals surface area (Å²) in [7, 11) is -3.43. The number of aliphatic hydroxyl groups is 1. The van der Waals surface area contributed by atoms with Gasteiger partial charge in [-0.1, -0.05) is 0 Å². The first-order valence-corrected chi connectivity index (χ1v) is 6.82. The molecule has 0 spiro atoms. The number of sulfonamides is 1. The van der Waals surface area contributed by atoms with Gasteiger partial charge in [-0.15, -0.1) is 11.3 Å². The second kappa shape index (κ2) is 5.02. The number of thiazole rings is 1. The zero-order valence-electron chi connectivity index (χ0n) is 8.60. The van der Waals surface area contributed by atoms with E-state index in [1.807, 2.05) is 6.92 Å². The van der Waals surface area contributed by atoms with Crippen LogP contribution >= 0.6 is 11.3 Å². The molecule has 1 rings (SSSR count). The summed E-state index contributed by atoms with van der Waals surface area (Å²) in [6.07, 6.45) is 1.70. The highest BCUT2D eigenvalue weighted by Crippen LogP contribution is 2.11. The lowest BCUT2D eigenvalue weighted by Gasteiger charge is -2.09. The van der Waals surface area contributed by atoms with Gasteiger partial charge >= 0.3 is 0 Å². The number of hydrogen-bond donors (Lipinski definition) is 2. The van der Waals surface area contributed by atoms with Crippen LogP contribution in [0.15, 0.2) is 6.20 Å². The maximum Gasteiger partial charge on any atom is 0.216 e. The molecule has 0 aliphatic carbocycles. The predicted molar refractivity (Wildman–Crippen MR) is 59.2 cm³/mol. The summed E-state index contributed by atoms with van der Waals surface area (Å²) >= 11 is 1.45. The van der Waals surface area contributed by atoms with Gasteiger partial charge in [0.25, 0.3) is 0 Å². The number of hydrogen-bond acceptors (Lipinski definition) is 5. The fraction of sp³-hybridized carbons (Fsp3) is 0.625. The molecule has 0 aliphatic heterocycles. The summed E-state index contributed by atoms with van der Waals surface area (Å²) in [5, 5.41) is 8.67. The van der Waals surface area contributed by atoms with Gasteiger partial charge in [-0.05, 0) is 13.8 Å². The Bertz CT molecular complexity index is 413. The highest BCUT2D eigenvalue weighted by Gasteiger charge is 2.19. The fourth-order valence-electron chi connectivity index (χ4n) is 0.886. The molecule has 0 bridgehead atoms. The van der Waals surface area contributed by atoms with Gasteiger partial charge in [0, 0.05) is 11.1 Å². The zero-order chi connectivity index (χ0) is 11.5. The van der Waals surface area contributed by atoms with Crippen LogP contribution in [0.5, 0.6) is 0 Å². The van der Waals surface area contributed by atoms with Crippen molar-refractivity contribution < 1.29 is 13.5 Å². The first kappa shape index (κ1) is 12.6. The Morgan fingerprint density at radius 1 is 1.67 bits per heavy atom. The number of aromatic nitrogens is 1. The van der Waals surface area contributed by atoms with Gasteiger partial charge in [-0.25, -0.2) is 18.1 Å². The Balaban J connectivity index is 2.57. The Morgan fingerprint density at radius 2 is 2.33 bits per heavy atom. The van der Waals surface area contributed by atoms with Gasteiger partial charge < -0.3 is 5.11 Å². The smallest absolute Gasteiger partial charge is 0.216 e. The van der Waals surface area contributed by atoms with Crippen molar-refractivity contribution in [3.05, 3.63) is 16.1 Å². The molecule has 1 aromatic heterocycles. The maximum atomic E-state index is 11.4. The molecule has 0 amide bonds. The minimum atomic E-state index is -3.43. The van der Waals surface area contributed by atoms with Crippen LogP contribution in [0.3, 0.4) is 0 Å². The molecule has 7 heteroatoms. The van der Waals surface area contributed by atoms with Gasteiger partial charge in [0.15, 0.2) is 0 Å². The molecule has 0 aliphatic rings. The highest BCUT2D eigenvalue weighted by molar-refractivity contribution is 7.90. The molecular weight excluding hydrogens is 236 g/mol. The van der Waals surface area contributed by atoms with Crippen molar-refractivity contribution in [2.45, 2.75) is 25.6 Å². The van der Waals surface area contributed by atoms with E-state index < -0.39 is 15.3 Å². The Hall–Kier alpha value is -0.500. The summed E-state index contributed by atoms with van der Waals surface area (Å²) in [5.74, 6) is 0. The number of nitrogens with zero attached hydrogens (tertiary/aromatic N) is 1. The van der Waals surface area contributed by atoms with Crippen LogP contribution in [-0.2, 0) is 16.6 Å². The largest absolute Gasteiger partial charge is 0.395 e. The molecule has 0 aromatic carbocycles. The van der Waals surface area contributed by atoms with Gasteiger partial charge in [0.2, 0.25) is 10.0 Å². The molecule has 15 heavy (non-hydrogen) atoms. The van der Waals surface area contributed by atoms with Crippen LogP contribution in [0, 0.1) is 6.92 Å². The Kier molecular flexibility index (Phi) is 4.21. The summed E-state index contributed by atoms with van der Waals surface area (Å²) in [5.41, 5.74) is 0. The molecule has 0 saturated carbocycles. The summed E-state index contributed by atoms with van der Waals surface area (Å²) < 4.78 is 25.3. The van der Waals surface area contributed by atoms with E-state index in [4.69, 9.17) is 5.11 Å². The molecule has 0 saturated heterocycles. The summed E-state index contributed by atoms with van der Waals surface area (Å²) in [6.45, 7) is 3.17. The molecule has 5 nitrogen and oxygen atoms in total. The van der Waals surface area contributed by atoms with E-state index in [0.717, 1.165) is 9.88 Å². The van der Waals surface area contributed by atoms with E-state index in [2.05, 4.69) is 9.71 Å². The Labute approximate surface area is 93.2 Å². The minimum Gasteiger partial charge on any atom is -0.395 e. The monoisotopic (exact) mass is 250 g/mol. The average Bonchev–Trinajstić information content (AvgIpc) is 2.60. The number of aryl methyl sites for hydroxylation is 1. The van der Waals surface area contributed by atoms with Crippen LogP contribution < -0.4 is 4.72 Å². The van der Waals surface area contributed by atoms with E-state index in [1.54, 1.807) is 6.20 Å².